The van der Waals surface area contributed by atoms with Crippen molar-refractivity contribution in [2.24, 2.45) is 0 Å². The van der Waals surface area contributed by atoms with Crippen molar-refractivity contribution in [2.75, 3.05) is 31.6 Å². The summed E-state index contributed by atoms with van der Waals surface area (Å²) in [6, 6.07) is 6.23. The highest BCUT2D eigenvalue weighted by Crippen LogP contribution is 2.21. The first-order chi connectivity index (χ1) is 13.3. The molecule has 1 aromatic heterocycles. The second-order valence-electron chi connectivity index (χ2n) is 6.55. The van der Waals surface area contributed by atoms with Gasteiger partial charge in [-0.25, -0.2) is 8.42 Å². The van der Waals surface area contributed by atoms with Crippen molar-refractivity contribution in [3.63, 3.8) is 0 Å². The molecule has 1 N–H and O–H groups in total. The number of hydrogen-bond donors (Lipinski definition) is 1. The second kappa shape index (κ2) is 8.73. The third-order valence-electron chi connectivity index (χ3n) is 4.59. The fraction of sp³-hybridized carbons (Fsp3) is 0.444. The molecular weight excluding hydrogens is 448 g/mol. The summed E-state index contributed by atoms with van der Waals surface area (Å²) in [5.74, 6) is -0.160. The van der Waals surface area contributed by atoms with Crippen molar-refractivity contribution in [3.05, 3.63) is 40.1 Å². The normalized spacial score (nSPS) is 15.5. The molecule has 0 bridgehead atoms. The largest absolute Gasteiger partial charge is 0.379 e. The average Bonchev–Trinajstić information content (AvgIpc) is 2.94. The molecule has 3 rings (SSSR count). The van der Waals surface area contributed by atoms with E-state index in [0.29, 0.717) is 38.5 Å². The molecule has 1 saturated heterocycles. The second-order valence-corrected chi connectivity index (χ2v) is 9.28. The van der Waals surface area contributed by atoms with Gasteiger partial charge in [-0.2, -0.15) is 9.40 Å². The van der Waals surface area contributed by atoms with Crippen molar-refractivity contribution < 1.29 is 17.9 Å². The average molecular weight is 471 g/mol. The van der Waals surface area contributed by atoms with Gasteiger partial charge in [-0.3, -0.25) is 9.48 Å². The van der Waals surface area contributed by atoms with Gasteiger partial charge in [0.2, 0.25) is 15.9 Å². The van der Waals surface area contributed by atoms with Gasteiger partial charge in [0.25, 0.3) is 0 Å². The summed E-state index contributed by atoms with van der Waals surface area (Å²) in [7, 11) is -3.54. The molecule has 0 unspecified atom stereocenters. The van der Waals surface area contributed by atoms with Crippen LogP contribution in [0.3, 0.4) is 0 Å². The molecule has 0 saturated carbocycles. The number of sulfonamides is 1. The van der Waals surface area contributed by atoms with Crippen LogP contribution in [0.15, 0.2) is 33.6 Å². The van der Waals surface area contributed by atoms with Crippen LogP contribution in [0.2, 0.25) is 0 Å². The van der Waals surface area contributed by atoms with E-state index in [-0.39, 0.29) is 17.2 Å². The van der Waals surface area contributed by atoms with E-state index >= 15 is 0 Å². The highest BCUT2D eigenvalue weighted by molar-refractivity contribution is 9.10. The zero-order valence-corrected chi connectivity index (χ0v) is 18.2. The van der Waals surface area contributed by atoms with Gasteiger partial charge in [0.1, 0.15) is 0 Å². The molecule has 1 amide bonds. The van der Waals surface area contributed by atoms with Gasteiger partial charge in [0.15, 0.2) is 0 Å². The van der Waals surface area contributed by atoms with Crippen molar-refractivity contribution in [3.8, 4) is 0 Å². The van der Waals surface area contributed by atoms with E-state index in [1.807, 2.05) is 13.8 Å². The number of nitrogens with zero attached hydrogens (tertiary/aromatic N) is 3. The van der Waals surface area contributed by atoms with Crippen LogP contribution in [-0.2, 0) is 26.1 Å². The number of anilines is 1. The molecule has 10 heteroatoms. The van der Waals surface area contributed by atoms with Crippen LogP contribution < -0.4 is 5.32 Å². The van der Waals surface area contributed by atoms with E-state index in [1.165, 1.54) is 16.4 Å². The van der Waals surface area contributed by atoms with Crippen LogP contribution >= 0.6 is 15.9 Å². The van der Waals surface area contributed by atoms with Gasteiger partial charge in [-0.05, 0) is 54.0 Å². The molecule has 2 heterocycles. The number of carbonyl (C=O) groups is 1. The Bertz CT molecular complexity index is 951. The number of ether oxygens (including phenoxy) is 1. The van der Waals surface area contributed by atoms with Crippen LogP contribution in [0.1, 0.15) is 17.8 Å². The number of aromatic nitrogens is 2. The smallest absolute Gasteiger partial charge is 0.243 e. The molecule has 8 nitrogen and oxygen atoms in total. The van der Waals surface area contributed by atoms with E-state index in [9.17, 15) is 13.2 Å². The van der Waals surface area contributed by atoms with E-state index in [4.69, 9.17) is 4.74 Å². The third kappa shape index (κ3) is 4.62. The number of rotatable bonds is 6. The molecule has 1 aromatic carbocycles. The quantitative estimate of drug-likeness (QED) is 0.698. The molecule has 1 fully saturated rings. The first kappa shape index (κ1) is 21.0. The summed E-state index contributed by atoms with van der Waals surface area (Å²) in [5.41, 5.74) is 2.42. The van der Waals surface area contributed by atoms with Gasteiger partial charge >= 0.3 is 0 Å². The summed E-state index contributed by atoms with van der Waals surface area (Å²) in [6.07, 6.45) is 0.266. The maximum atomic E-state index is 12.6. The zero-order chi connectivity index (χ0) is 20.3. The highest BCUT2D eigenvalue weighted by atomic mass is 79.9. The van der Waals surface area contributed by atoms with Crippen LogP contribution in [0.25, 0.3) is 0 Å². The topological polar surface area (TPSA) is 93.5 Å². The Morgan fingerprint density at radius 3 is 2.43 bits per heavy atom. The molecule has 0 radical (unpaired) electrons. The number of hydrogen-bond acceptors (Lipinski definition) is 5. The number of halogens is 1. The van der Waals surface area contributed by atoms with Gasteiger partial charge < -0.3 is 10.1 Å². The minimum absolute atomic E-state index is 0.160. The number of benzene rings is 1. The zero-order valence-electron chi connectivity index (χ0n) is 15.8. The minimum Gasteiger partial charge on any atom is -0.379 e. The van der Waals surface area contributed by atoms with Gasteiger partial charge in [0.05, 0.1) is 34.8 Å². The predicted octanol–water partition coefficient (Wildman–Crippen LogP) is 2.31. The lowest BCUT2D eigenvalue weighted by atomic mass is 10.3. The lowest BCUT2D eigenvalue weighted by molar-refractivity contribution is -0.116. The molecular formula is C18H23BrN4O4S. The van der Waals surface area contributed by atoms with Gasteiger partial charge in [0, 0.05) is 30.9 Å². The van der Waals surface area contributed by atoms with Gasteiger partial charge in [-0.15, -0.1) is 0 Å². The van der Waals surface area contributed by atoms with Crippen molar-refractivity contribution in [1.82, 2.24) is 14.1 Å². The molecule has 152 valence electrons. The fourth-order valence-electron chi connectivity index (χ4n) is 2.97. The Morgan fingerprint density at radius 2 is 1.86 bits per heavy atom. The summed E-state index contributed by atoms with van der Waals surface area (Å²) in [6.45, 7) is 5.81. The molecule has 0 aliphatic carbocycles. The van der Waals surface area contributed by atoms with Crippen LogP contribution in [0.4, 0.5) is 5.69 Å². The Hall–Kier alpha value is -1.75. The van der Waals surface area contributed by atoms with Crippen molar-refractivity contribution in [1.29, 1.82) is 0 Å². The van der Waals surface area contributed by atoms with Crippen LogP contribution in [0, 0.1) is 13.8 Å². The fourth-order valence-corrected chi connectivity index (χ4v) is 4.66. The molecule has 1 aliphatic heterocycles. The van der Waals surface area contributed by atoms with E-state index in [1.54, 1.807) is 16.8 Å². The molecule has 28 heavy (non-hydrogen) atoms. The summed E-state index contributed by atoms with van der Waals surface area (Å²) in [5, 5.41) is 7.17. The third-order valence-corrected chi connectivity index (χ3v) is 7.65. The van der Waals surface area contributed by atoms with Crippen molar-refractivity contribution >= 4 is 37.5 Å². The van der Waals surface area contributed by atoms with E-state index in [0.717, 1.165) is 15.9 Å². The van der Waals surface area contributed by atoms with Crippen LogP contribution in [0.5, 0.6) is 0 Å². The molecule has 0 atom stereocenters. The van der Waals surface area contributed by atoms with Crippen molar-refractivity contribution in [2.45, 2.75) is 31.7 Å². The molecule has 0 spiro atoms. The monoisotopic (exact) mass is 470 g/mol. The lowest BCUT2D eigenvalue weighted by Crippen LogP contribution is -2.40. The first-order valence-corrected chi connectivity index (χ1v) is 11.2. The van der Waals surface area contributed by atoms with E-state index < -0.39 is 10.0 Å². The number of morpholine rings is 1. The first-order valence-electron chi connectivity index (χ1n) is 8.96. The Balaban J connectivity index is 1.59. The Labute approximate surface area is 173 Å². The summed E-state index contributed by atoms with van der Waals surface area (Å²) < 4.78 is 34.6. The summed E-state index contributed by atoms with van der Waals surface area (Å²) in [4.78, 5) is 12.4. The number of nitrogens with one attached hydrogen (secondary N) is 1. The Morgan fingerprint density at radius 1 is 1.21 bits per heavy atom. The maximum Gasteiger partial charge on any atom is 0.243 e. The highest BCUT2D eigenvalue weighted by Gasteiger charge is 2.26. The number of aryl methyl sites for hydroxylation is 2. The standard InChI is InChI=1S/C18H23BrN4O4S/c1-13-18(19)14(2)23(21-13)8-7-17(24)20-15-3-5-16(6-4-15)28(25,26)22-9-11-27-12-10-22/h3-6H,7-12H2,1-2H3,(H,20,24). The number of amides is 1. The lowest BCUT2D eigenvalue weighted by Gasteiger charge is -2.26. The Kier molecular flexibility index (Phi) is 6.54. The van der Waals surface area contributed by atoms with E-state index in [2.05, 4.69) is 26.3 Å². The van der Waals surface area contributed by atoms with Gasteiger partial charge in [-0.1, -0.05) is 0 Å². The number of carbonyl (C=O) groups excluding carboxylic acids is 1. The maximum absolute atomic E-state index is 12.6. The SMILES string of the molecule is Cc1nn(CCC(=O)Nc2ccc(S(=O)(=O)N3CCOCC3)cc2)c(C)c1Br. The van der Waals surface area contributed by atoms with Crippen LogP contribution in [-0.4, -0.2) is 54.7 Å². The minimum atomic E-state index is -3.54. The molecule has 2 aromatic rings. The predicted molar refractivity (Wildman–Crippen MR) is 109 cm³/mol. The summed E-state index contributed by atoms with van der Waals surface area (Å²) >= 11 is 3.47. The molecule has 1 aliphatic rings.